The van der Waals surface area contributed by atoms with Crippen molar-refractivity contribution in [3.63, 3.8) is 0 Å². The number of hydrogen-bond acceptors (Lipinski definition) is 8. The van der Waals surface area contributed by atoms with Gasteiger partial charge in [-0.2, -0.15) is 0 Å². The molecule has 10 nitrogen and oxygen atoms in total. The highest BCUT2D eigenvalue weighted by molar-refractivity contribution is 5.99. The van der Waals surface area contributed by atoms with Crippen LogP contribution in [0.3, 0.4) is 0 Å². The Bertz CT molecular complexity index is 1310. The highest BCUT2D eigenvalue weighted by atomic mass is 19.1. The molecule has 41 heavy (non-hydrogen) atoms. The smallest absolute Gasteiger partial charge is 0.493 e. The fraction of sp³-hybridized carbons (Fsp3) is 0.310. The first-order valence-corrected chi connectivity index (χ1v) is 12.7. The van der Waals surface area contributed by atoms with Gasteiger partial charge in [0.1, 0.15) is 17.7 Å². The molecule has 3 rings (SSSR count). The van der Waals surface area contributed by atoms with E-state index in [1.165, 1.54) is 55.6 Å². The topological polar surface area (TPSA) is 119 Å². The Morgan fingerprint density at radius 2 is 1.49 bits per heavy atom. The third-order valence-corrected chi connectivity index (χ3v) is 5.81. The molecule has 1 atom stereocenters. The third kappa shape index (κ3) is 8.45. The SMILES string of the molecule is COc1ccnc(C(=O)N[C@@H](C)C(=O)NN(C)C(c2ccc(F)cc2)c2ccc(F)cc2)c1OC(=O)OCC(C)C. The lowest BCUT2D eigenvalue weighted by Gasteiger charge is -2.30. The van der Waals surface area contributed by atoms with Crippen molar-refractivity contribution in [3.8, 4) is 11.5 Å². The zero-order chi connectivity index (χ0) is 30.1. The summed E-state index contributed by atoms with van der Waals surface area (Å²) in [6.45, 7) is 5.25. The van der Waals surface area contributed by atoms with E-state index in [0.717, 1.165) is 0 Å². The van der Waals surface area contributed by atoms with E-state index in [9.17, 15) is 23.2 Å². The molecule has 2 N–H and O–H groups in total. The molecule has 12 heteroatoms. The lowest BCUT2D eigenvalue weighted by Crippen LogP contribution is -2.51. The maximum absolute atomic E-state index is 13.6. The Kier molecular flexibility index (Phi) is 10.7. The first-order chi connectivity index (χ1) is 19.5. The average molecular weight is 571 g/mol. The number of halogens is 2. The summed E-state index contributed by atoms with van der Waals surface area (Å²) in [4.78, 5) is 42.4. The standard InChI is InChI=1S/C29H32F2N4O6/c1-17(2)16-40-29(38)41-26-23(39-5)14-15-32-24(26)28(37)33-18(3)27(36)34-35(4)25(19-6-10-21(30)11-7-19)20-8-12-22(31)13-9-20/h6-15,17-18,25H,16H2,1-5H3,(H,33,37)(H,34,36)/t18-/m0/s1. The van der Waals surface area contributed by atoms with Crippen LogP contribution < -0.4 is 20.2 Å². The molecule has 0 aliphatic carbocycles. The third-order valence-electron chi connectivity index (χ3n) is 5.81. The number of rotatable bonds is 11. The summed E-state index contributed by atoms with van der Waals surface area (Å²) in [5, 5.41) is 3.99. The number of benzene rings is 2. The molecule has 0 fully saturated rings. The summed E-state index contributed by atoms with van der Waals surface area (Å²) >= 11 is 0. The Labute approximate surface area is 236 Å². The van der Waals surface area contributed by atoms with E-state index in [0.29, 0.717) is 11.1 Å². The van der Waals surface area contributed by atoms with Gasteiger partial charge in [0.15, 0.2) is 11.4 Å². The van der Waals surface area contributed by atoms with E-state index in [-0.39, 0.29) is 29.7 Å². The maximum atomic E-state index is 13.6. The van der Waals surface area contributed by atoms with Gasteiger partial charge in [0.25, 0.3) is 11.8 Å². The number of nitrogens with one attached hydrogen (secondary N) is 2. The lowest BCUT2D eigenvalue weighted by atomic mass is 9.98. The number of methoxy groups -OCH3 is 1. The van der Waals surface area contributed by atoms with Crippen molar-refractivity contribution in [1.29, 1.82) is 0 Å². The van der Waals surface area contributed by atoms with Crippen LogP contribution in [0.25, 0.3) is 0 Å². The van der Waals surface area contributed by atoms with E-state index in [1.54, 1.807) is 31.3 Å². The van der Waals surface area contributed by atoms with Gasteiger partial charge < -0.3 is 19.5 Å². The van der Waals surface area contributed by atoms with Gasteiger partial charge in [-0.25, -0.2) is 23.6 Å². The minimum Gasteiger partial charge on any atom is -0.493 e. The fourth-order valence-electron chi connectivity index (χ4n) is 3.79. The summed E-state index contributed by atoms with van der Waals surface area (Å²) in [6, 6.07) is 11.1. The van der Waals surface area contributed by atoms with E-state index >= 15 is 0 Å². The minimum atomic E-state index is -1.08. The van der Waals surface area contributed by atoms with Gasteiger partial charge >= 0.3 is 6.16 Å². The molecule has 1 heterocycles. The number of hydrazine groups is 1. The molecular formula is C29H32F2N4O6. The molecular weight excluding hydrogens is 538 g/mol. The largest absolute Gasteiger partial charge is 0.514 e. The van der Waals surface area contributed by atoms with Crippen molar-refractivity contribution in [2.24, 2.45) is 5.92 Å². The average Bonchev–Trinajstić information content (AvgIpc) is 2.94. The van der Waals surface area contributed by atoms with Crippen LogP contribution in [-0.2, 0) is 9.53 Å². The summed E-state index contributed by atoms with van der Waals surface area (Å²) in [6.07, 6.45) is 0.244. The molecule has 218 valence electrons. The van der Waals surface area contributed by atoms with Crippen LogP contribution >= 0.6 is 0 Å². The molecule has 0 saturated heterocycles. The van der Waals surface area contributed by atoms with Crippen molar-refractivity contribution in [3.05, 3.63) is 89.2 Å². The zero-order valence-corrected chi connectivity index (χ0v) is 23.3. The number of amides is 2. The van der Waals surface area contributed by atoms with Gasteiger partial charge in [-0.1, -0.05) is 38.1 Å². The quantitative estimate of drug-likeness (QED) is 0.257. The van der Waals surface area contributed by atoms with Gasteiger partial charge in [-0.3, -0.25) is 15.0 Å². The van der Waals surface area contributed by atoms with Gasteiger partial charge in [0.2, 0.25) is 5.75 Å². The fourth-order valence-corrected chi connectivity index (χ4v) is 3.79. The molecule has 0 bridgehead atoms. The second-order valence-electron chi connectivity index (χ2n) is 9.54. The molecule has 1 aromatic heterocycles. The monoisotopic (exact) mass is 570 g/mol. The van der Waals surface area contributed by atoms with Gasteiger partial charge in [0.05, 0.1) is 19.8 Å². The summed E-state index contributed by atoms with van der Waals surface area (Å²) in [5.74, 6) is -2.42. The van der Waals surface area contributed by atoms with Crippen LogP contribution in [0, 0.1) is 17.6 Å². The molecule has 0 aliphatic heterocycles. The molecule has 2 amide bonds. The number of ether oxygens (including phenoxy) is 3. The number of carbonyl (C=O) groups is 3. The van der Waals surface area contributed by atoms with E-state index < -0.39 is 41.7 Å². The Morgan fingerprint density at radius 1 is 0.927 bits per heavy atom. The highest BCUT2D eigenvalue weighted by Crippen LogP contribution is 2.30. The van der Waals surface area contributed by atoms with Crippen molar-refractivity contribution in [2.75, 3.05) is 20.8 Å². The molecule has 3 aromatic rings. The molecule has 0 spiro atoms. The van der Waals surface area contributed by atoms with Crippen molar-refractivity contribution >= 4 is 18.0 Å². The number of nitrogens with zero attached hydrogens (tertiary/aromatic N) is 2. The van der Waals surface area contributed by atoms with Crippen LogP contribution in [0.4, 0.5) is 13.6 Å². The summed E-state index contributed by atoms with van der Waals surface area (Å²) < 4.78 is 42.6. The number of hydrogen-bond donors (Lipinski definition) is 2. The lowest BCUT2D eigenvalue weighted by molar-refractivity contribution is -0.127. The van der Waals surface area contributed by atoms with Crippen molar-refractivity contribution in [1.82, 2.24) is 20.7 Å². The van der Waals surface area contributed by atoms with Gasteiger partial charge in [-0.15, -0.1) is 0 Å². The molecule has 0 saturated carbocycles. The zero-order valence-electron chi connectivity index (χ0n) is 23.3. The first kappa shape index (κ1) is 31.0. The molecule has 0 unspecified atom stereocenters. The van der Waals surface area contributed by atoms with Crippen LogP contribution in [0.5, 0.6) is 11.5 Å². The molecule has 0 radical (unpaired) electrons. The second kappa shape index (κ2) is 14.2. The predicted octanol–water partition coefficient (Wildman–Crippen LogP) is 4.41. The van der Waals surface area contributed by atoms with Gasteiger partial charge in [0, 0.05) is 19.3 Å². The van der Waals surface area contributed by atoms with Crippen LogP contribution in [0.15, 0.2) is 60.8 Å². The number of carbonyl (C=O) groups excluding carboxylic acids is 3. The van der Waals surface area contributed by atoms with Crippen LogP contribution in [-0.4, -0.2) is 54.8 Å². The van der Waals surface area contributed by atoms with Crippen molar-refractivity contribution < 1.29 is 37.4 Å². The Morgan fingerprint density at radius 3 is 2.00 bits per heavy atom. The predicted molar refractivity (Wildman–Crippen MR) is 145 cm³/mol. The van der Waals surface area contributed by atoms with E-state index in [1.807, 2.05) is 13.8 Å². The normalized spacial score (nSPS) is 11.8. The second-order valence-corrected chi connectivity index (χ2v) is 9.54. The number of pyridine rings is 1. The van der Waals surface area contributed by atoms with Crippen molar-refractivity contribution in [2.45, 2.75) is 32.9 Å². The van der Waals surface area contributed by atoms with E-state index in [2.05, 4.69) is 15.7 Å². The first-order valence-electron chi connectivity index (χ1n) is 12.7. The Balaban J connectivity index is 1.76. The molecule has 2 aromatic carbocycles. The Hall–Kier alpha value is -4.58. The van der Waals surface area contributed by atoms with E-state index in [4.69, 9.17) is 14.2 Å². The maximum Gasteiger partial charge on any atom is 0.514 e. The summed E-state index contributed by atoms with van der Waals surface area (Å²) in [5.41, 5.74) is 3.66. The van der Waals surface area contributed by atoms with Gasteiger partial charge in [-0.05, 0) is 48.2 Å². The summed E-state index contributed by atoms with van der Waals surface area (Å²) in [7, 11) is 2.91. The highest BCUT2D eigenvalue weighted by Gasteiger charge is 2.27. The molecule has 0 aliphatic rings. The minimum absolute atomic E-state index is 0.0596. The van der Waals surface area contributed by atoms with Crippen LogP contribution in [0.1, 0.15) is 48.4 Å². The number of aromatic nitrogens is 1. The van der Waals surface area contributed by atoms with Crippen LogP contribution in [0.2, 0.25) is 0 Å².